The minimum absolute atomic E-state index is 0.0468. The van der Waals surface area contributed by atoms with Gasteiger partial charge >= 0.3 is 0 Å². The van der Waals surface area contributed by atoms with Crippen LogP contribution in [0.25, 0.3) is 5.69 Å². The predicted octanol–water partition coefficient (Wildman–Crippen LogP) is 2.52. The SMILES string of the molecule is Cc1c(C(=O)N2CCN(S(=O)(=O)Cc3ccccc3)CC2)nnn1-c1cccc(Cl)c1. The van der Waals surface area contributed by atoms with E-state index in [1.54, 1.807) is 46.8 Å². The maximum atomic E-state index is 13.0. The largest absolute Gasteiger partial charge is 0.335 e. The number of amides is 1. The van der Waals surface area contributed by atoms with Crippen LogP contribution in [0.5, 0.6) is 0 Å². The zero-order valence-corrected chi connectivity index (χ0v) is 18.6. The molecule has 1 aliphatic rings. The molecule has 0 saturated carbocycles. The van der Waals surface area contributed by atoms with Gasteiger partial charge in [0, 0.05) is 31.2 Å². The van der Waals surface area contributed by atoms with Crippen LogP contribution in [0.1, 0.15) is 21.7 Å². The Labute approximate surface area is 186 Å². The number of hydrogen-bond donors (Lipinski definition) is 0. The fraction of sp³-hybridized carbons (Fsp3) is 0.286. The fourth-order valence-electron chi connectivity index (χ4n) is 3.58. The van der Waals surface area contributed by atoms with E-state index in [2.05, 4.69) is 10.3 Å². The topological polar surface area (TPSA) is 88.4 Å². The van der Waals surface area contributed by atoms with Crippen molar-refractivity contribution in [2.75, 3.05) is 26.2 Å². The third-order valence-corrected chi connectivity index (χ3v) is 7.35. The highest BCUT2D eigenvalue weighted by atomic mass is 35.5. The van der Waals surface area contributed by atoms with Gasteiger partial charge in [-0.15, -0.1) is 5.10 Å². The van der Waals surface area contributed by atoms with Gasteiger partial charge in [-0.25, -0.2) is 13.1 Å². The van der Waals surface area contributed by atoms with Crippen molar-refractivity contribution in [2.24, 2.45) is 0 Å². The van der Waals surface area contributed by atoms with Crippen LogP contribution in [0.15, 0.2) is 54.6 Å². The standard InChI is InChI=1S/C21H22ClN5O3S/c1-16-20(23-24-27(16)19-9-5-8-18(22)14-19)21(28)25-10-12-26(13-11-25)31(29,30)15-17-6-3-2-4-7-17/h2-9,14H,10-13,15H2,1H3. The lowest BCUT2D eigenvalue weighted by molar-refractivity contribution is 0.0691. The highest BCUT2D eigenvalue weighted by Gasteiger charge is 2.31. The monoisotopic (exact) mass is 459 g/mol. The molecule has 162 valence electrons. The fourth-order valence-corrected chi connectivity index (χ4v) is 5.28. The van der Waals surface area contributed by atoms with Crippen molar-refractivity contribution in [1.29, 1.82) is 0 Å². The number of benzene rings is 2. The molecule has 2 heterocycles. The summed E-state index contributed by atoms with van der Waals surface area (Å²) in [6.45, 7) is 2.88. The zero-order valence-electron chi connectivity index (χ0n) is 17.0. The molecular formula is C21H22ClN5O3S. The highest BCUT2D eigenvalue weighted by Crippen LogP contribution is 2.19. The molecule has 1 aromatic heterocycles. The van der Waals surface area contributed by atoms with Gasteiger partial charge in [0.25, 0.3) is 5.91 Å². The van der Waals surface area contributed by atoms with Crippen molar-refractivity contribution in [1.82, 2.24) is 24.2 Å². The molecule has 0 spiro atoms. The molecule has 3 aromatic rings. The van der Waals surface area contributed by atoms with E-state index in [1.807, 2.05) is 24.3 Å². The number of carbonyl (C=O) groups is 1. The molecule has 2 aromatic carbocycles. The normalized spacial score (nSPS) is 15.2. The lowest BCUT2D eigenvalue weighted by Crippen LogP contribution is -2.50. The number of nitrogens with zero attached hydrogens (tertiary/aromatic N) is 5. The van der Waals surface area contributed by atoms with Crippen LogP contribution >= 0.6 is 11.6 Å². The number of rotatable bonds is 5. The Kier molecular flexibility index (Phi) is 6.08. The molecule has 0 atom stereocenters. The van der Waals surface area contributed by atoms with Gasteiger partial charge in [-0.05, 0) is 30.7 Å². The average molecular weight is 460 g/mol. The highest BCUT2D eigenvalue weighted by molar-refractivity contribution is 7.88. The smallest absolute Gasteiger partial charge is 0.276 e. The molecule has 10 heteroatoms. The van der Waals surface area contributed by atoms with Gasteiger partial charge < -0.3 is 4.90 Å². The second-order valence-corrected chi connectivity index (χ2v) is 9.75. The quantitative estimate of drug-likeness (QED) is 0.585. The van der Waals surface area contributed by atoms with Crippen molar-refractivity contribution >= 4 is 27.5 Å². The summed E-state index contributed by atoms with van der Waals surface area (Å²) in [5.74, 6) is -0.305. The van der Waals surface area contributed by atoms with E-state index >= 15 is 0 Å². The Morgan fingerprint density at radius 2 is 1.74 bits per heavy atom. The van der Waals surface area contributed by atoms with Crippen molar-refractivity contribution in [3.63, 3.8) is 0 Å². The number of aromatic nitrogens is 3. The summed E-state index contributed by atoms with van der Waals surface area (Å²) in [5.41, 5.74) is 2.31. The van der Waals surface area contributed by atoms with Gasteiger partial charge in [0.15, 0.2) is 5.69 Å². The van der Waals surface area contributed by atoms with Gasteiger partial charge in [0.2, 0.25) is 10.0 Å². The Balaban J connectivity index is 1.43. The van der Waals surface area contributed by atoms with E-state index in [1.165, 1.54) is 4.31 Å². The number of halogens is 1. The molecule has 0 aliphatic carbocycles. The molecule has 0 unspecified atom stereocenters. The minimum Gasteiger partial charge on any atom is -0.335 e. The minimum atomic E-state index is -3.44. The second kappa shape index (κ2) is 8.78. The number of piperazine rings is 1. The summed E-state index contributed by atoms with van der Waals surface area (Å²) in [6.07, 6.45) is 0. The Hall–Kier alpha value is -2.75. The molecule has 0 N–H and O–H groups in total. The molecule has 1 amide bonds. The van der Waals surface area contributed by atoms with E-state index in [0.29, 0.717) is 29.5 Å². The maximum absolute atomic E-state index is 13.0. The van der Waals surface area contributed by atoms with Crippen LogP contribution in [0, 0.1) is 6.92 Å². The van der Waals surface area contributed by atoms with Crippen LogP contribution in [-0.2, 0) is 15.8 Å². The maximum Gasteiger partial charge on any atom is 0.276 e. The van der Waals surface area contributed by atoms with Gasteiger partial charge in [-0.3, -0.25) is 4.79 Å². The molecule has 8 nitrogen and oxygen atoms in total. The van der Waals surface area contributed by atoms with Crippen LogP contribution in [0.4, 0.5) is 0 Å². The van der Waals surface area contributed by atoms with E-state index < -0.39 is 10.0 Å². The molecule has 1 fully saturated rings. The summed E-state index contributed by atoms with van der Waals surface area (Å²) in [4.78, 5) is 14.6. The Bertz CT molecular complexity index is 1190. The molecule has 1 aliphatic heterocycles. The Morgan fingerprint density at radius 3 is 2.42 bits per heavy atom. The van der Waals surface area contributed by atoms with Crippen LogP contribution < -0.4 is 0 Å². The van der Waals surface area contributed by atoms with Gasteiger partial charge in [-0.1, -0.05) is 53.2 Å². The molecule has 31 heavy (non-hydrogen) atoms. The summed E-state index contributed by atoms with van der Waals surface area (Å²) in [5, 5.41) is 8.73. The van der Waals surface area contributed by atoms with Crippen molar-refractivity contribution in [3.8, 4) is 5.69 Å². The first-order chi connectivity index (χ1) is 14.8. The van der Waals surface area contributed by atoms with E-state index in [-0.39, 0.29) is 30.4 Å². The van der Waals surface area contributed by atoms with Gasteiger partial charge in [0.1, 0.15) is 0 Å². The van der Waals surface area contributed by atoms with Crippen molar-refractivity contribution in [2.45, 2.75) is 12.7 Å². The average Bonchev–Trinajstić information content (AvgIpc) is 3.15. The van der Waals surface area contributed by atoms with Crippen LogP contribution in [0.2, 0.25) is 5.02 Å². The molecule has 0 radical (unpaired) electrons. The summed E-state index contributed by atoms with van der Waals surface area (Å²) >= 11 is 6.05. The van der Waals surface area contributed by atoms with E-state index in [0.717, 1.165) is 5.56 Å². The summed E-state index contributed by atoms with van der Waals surface area (Å²) < 4.78 is 28.5. The van der Waals surface area contributed by atoms with Gasteiger partial charge in [-0.2, -0.15) is 4.31 Å². The molecule has 1 saturated heterocycles. The van der Waals surface area contributed by atoms with Gasteiger partial charge in [0.05, 0.1) is 17.1 Å². The van der Waals surface area contributed by atoms with E-state index in [9.17, 15) is 13.2 Å². The number of sulfonamides is 1. The van der Waals surface area contributed by atoms with Crippen molar-refractivity contribution < 1.29 is 13.2 Å². The van der Waals surface area contributed by atoms with E-state index in [4.69, 9.17) is 11.6 Å². The van der Waals surface area contributed by atoms with Crippen molar-refractivity contribution in [3.05, 3.63) is 76.6 Å². The lowest BCUT2D eigenvalue weighted by Gasteiger charge is -2.33. The summed E-state index contributed by atoms with van der Waals surface area (Å²) in [6, 6.07) is 16.2. The first-order valence-corrected chi connectivity index (χ1v) is 11.8. The van der Waals surface area contributed by atoms with Crippen LogP contribution in [0.3, 0.4) is 0 Å². The predicted molar refractivity (Wildman–Crippen MR) is 118 cm³/mol. The Morgan fingerprint density at radius 1 is 1.03 bits per heavy atom. The lowest BCUT2D eigenvalue weighted by atomic mass is 10.2. The summed E-state index contributed by atoms with van der Waals surface area (Å²) in [7, 11) is -3.44. The third kappa shape index (κ3) is 4.63. The third-order valence-electron chi connectivity index (χ3n) is 5.26. The van der Waals surface area contributed by atoms with Crippen LogP contribution in [-0.4, -0.2) is 64.7 Å². The first-order valence-electron chi connectivity index (χ1n) is 9.84. The molecule has 0 bridgehead atoms. The zero-order chi connectivity index (χ0) is 22.0. The second-order valence-electron chi connectivity index (χ2n) is 7.35. The number of carbonyl (C=O) groups excluding carboxylic acids is 1. The molecular weight excluding hydrogens is 438 g/mol. The number of hydrogen-bond acceptors (Lipinski definition) is 5. The first kappa shape index (κ1) is 21.5. The molecule has 4 rings (SSSR count).